The van der Waals surface area contributed by atoms with E-state index < -0.39 is 0 Å². The van der Waals surface area contributed by atoms with Gasteiger partial charge >= 0.3 is 0 Å². The number of aromatic nitrogens is 1. The third-order valence-corrected chi connectivity index (χ3v) is 3.57. The summed E-state index contributed by atoms with van der Waals surface area (Å²) in [5.74, 6) is -0.0863. The van der Waals surface area contributed by atoms with Crippen molar-refractivity contribution < 1.29 is 10.0 Å². The van der Waals surface area contributed by atoms with Gasteiger partial charge in [-0.2, -0.15) is 0 Å². The maximum atomic E-state index is 11.8. The van der Waals surface area contributed by atoms with Gasteiger partial charge in [0.15, 0.2) is 5.84 Å². The molecule has 0 aliphatic carbocycles. The second-order valence-corrected chi connectivity index (χ2v) is 5.34. The first-order valence-electron chi connectivity index (χ1n) is 5.87. The number of carbonyl (C=O) groups is 1. The molecule has 0 unspecified atom stereocenters. The molecule has 104 valence electrons. The molecule has 4 N–H and O–H groups in total. The van der Waals surface area contributed by atoms with Crippen LogP contribution in [0.1, 0.15) is 25.8 Å². The van der Waals surface area contributed by atoms with Gasteiger partial charge in [0.1, 0.15) is 4.88 Å². The number of hydrogen-bond acceptors (Lipinski definition) is 5. The van der Waals surface area contributed by atoms with Crippen LogP contribution in [0, 0.1) is 6.92 Å². The lowest BCUT2D eigenvalue weighted by Crippen LogP contribution is -2.22. The van der Waals surface area contributed by atoms with Crippen molar-refractivity contribution in [1.82, 2.24) is 10.3 Å². The average Bonchev–Trinajstić information content (AvgIpc) is 2.91. The van der Waals surface area contributed by atoms with Gasteiger partial charge < -0.3 is 16.3 Å². The van der Waals surface area contributed by atoms with E-state index >= 15 is 0 Å². The Hall–Kier alpha value is -2.41. The lowest BCUT2D eigenvalue weighted by Gasteiger charge is -2.05. The van der Waals surface area contributed by atoms with Crippen LogP contribution in [-0.2, 0) is 6.54 Å². The maximum Gasteiger partial charge on any atom is 0.263 e. The minimum absolute atomic E-state index is 0.0562. The normalized spacial score (nSPS) is 11.3. The molecule has 0 atom stereocenters. The van der Waals surface area contributed by atoms with Gasteiger partial charge in [-0.15, -0.1) is 11.3 Å². The lowest BCUT2D eigenvalue weighted by atomic mass is 10.1. The molecular weight excluding hydrogens is 276 g/mol. The summed E-state index contributed by atoms with van der Waals surface area (Å²) >= 11 is 1.36. The summed E-state index contributed by atoms with van der Waals surface area (Å²) in [4.78, 5) is 16.5. The Morgan fingerprint density at radius 3 is 2.70 bits per heavy atom. The number of carbonyl (C=O) groups excluding carboxylic acids is 1. The molecule has 0 bridgehead atoms. The Morgan fingerprint density at radius 2 is 2.15 bits per heavy atom. The monoisotopic (exact) mass is 290 g/mol. The fourth-order valence-corrected chi connectivity index (χ4v) is 2.28. The number of benzene rings is 1. The molecule has 2 rings (SSSR count). The number of nitrogens with one attached hydrogen (secondary N) is 1. The zero-order valence-electron chi connectivity index (χ0n) is 10.8. The first-order chi connectivity index (χ1) is 9.60. The summed E-state index contributed by atoms with van der Waals surface area (Å²) < 4.78 is 0. The summed E-state index contributed by atoms with van der Waals surface area (Å²) in [6.07, 6.45) is 1.57. The second kappa shape index (κ2) is 6.16. The first-order valence-corrected chi connectivity index (χ1v) is 6.69. The Kier molecular flexibility index (Phi) is 4.31. The third-order valence-electron chi connectivity index (χ3n) is 2.66. The Balaban J connectivity index is 1.96. The van der Waals surface area contributed by atoms with E-state index in [1.165, 1.54) is 11.3 Å². The van der Waals surface area contributed by atoms with Gasteiger partial charge in [0.2, 0.25) is 0 Å². The van der Waals surface area contributed by atoms with Crippen LogP contribution < -0.4 is 11.1 Å². The van der Waals surface area contributed by atoms with Crippen molar-refractivity contribution in [3.8, 4) is 0 Å². The zero-order valence-corrected chi connectivity index (χ0v) is 11.6. The van der Waals surface area contributed by atoms with Crippen molar-refractivity contribution >= 4 is 23.1 Å². The highest BCUT2D eigenvalue weighted by Crippen LogP contribution is 2.11. The van der Waals surface area contributed by atoms with E-state index in [2.05, 4.69) is 15.5 Å². The number of aryl methyl sites for hydroxylation is 1. The van der Waals surface area contributed by atoms with Gasteiger partial charge in [0, 0.05) is 12.1 Å². The topological polar surface area (TPSA) is 101 Å². The van der Waals surface area contributed by atoms with Crippen LogP contribution in [0.2, 0.25) is 0 Å². The van der Waals surface area contributed by atoms with Gasteiger partial charge in [-0.3, -0.25) is 4.79 Å². The molecule has 7 heteroatoms. The van der Waals surface area contributed by atoms with Crippen molar-refractivity contribution in [3.63, 3.8) is 0 Å². The molecule has 1 heterocycles. The number of amides is 1. The second-order valence-electron chi connectivity index (χ2n) is 4.11. The van der Waals surface area contributed by atoms with Gasteiger partial charge in [-0.1, -0.05) is 29.4 Å². The highest BCUT2D eigenvalue weighted by molar-refractivity contribution is 7.13. The van der Waals surface area contributed by atoms with Crippen molar-refractivity contribution in [2.75, 3.05) is 0 Å². The minimum Gasteiger partial charge on any atom is -0.409 e. The maximum absolute atomic E-state index is 11.8. The predicted molar refractivity (Wildman–Crippen MR) is 77.0 cm³/mol. The van der Waals surface area contributed by atoms with Gasteiger partial charge in [-0.25, -0.2) is 4.98 Å². The van der Waals surface area contributed by atoms with E-state index in [9.17, 15) is 4.79 Å². The Morgan fingerprint density at radius 1 is 1.45 bits per heavy atom. The van der Waals surface area contributed by atoms with E-state index in [4.69, 9.17) is 10.9 Å². The summed E-state index contributed by atoms with van der Waals surface area (Å²) in [5.41, 5.74) is 7.02. The number of hydrogen-bond donors (Lipinski definition) is 3. The van der Waals surface area contributed by atoms with E-state index in [-0.39, 0.29) is 11.7 Å². The highest BCUT2D eigenvalue weighted by atomic mass is 32.1. The van der Waals surface area contributed by atoms with Gasteiger partial charge in [0.05, 0.1) is 11.2 Å². The van der Waals surface area contributed by atoms with Gasteiger partial charge in [-0.05, 0) is 12.5 Å². The molecule has 0 saturated carbocycles. The zero-order chi connectivity index (χ0) is 14.5. The smallest absolute Gasteiger partial charge is 0.263 e. The van der Waals surface area contributed by atoms with E-state index in [1.807, 2.05) is 19.1 Å². The molecule has 1 amide bonds. The number of oxime groups is 1. The highest BCUT2D eigenvalue weighted by Gasteiger charge is 2.08. The number of thiazole rings is 1. The third kappa shape index (κ3) is 3.33. The number of rotatable bonds is 4. The van der Waals surface area contributed by atoms with Crippen molar-refractivity contribution in [2.24, 2.45) is 10.9 Å². The quantitative estimate of drug-likeness (QED) is 0.343. The summed E-state index contributed by atoms with van der Waals surface area (Å²) in [6, 6.07) is 7.08. The molecule has 1 aromatic heterocycles. The molecule has 0 saturated heterocycles. The van der Waals surface area contributed by atoms with Gasteiger partial charge in [0.25, 0.3) is 5.91 Å². The Labute approximate surface area is 120 Å². The molecule has 0 radical (unpaired) electrons. The van der Waals surface area contributed by atoms with Crippen LogP contribution in [0.4, 0.5) is 0 Å². The van der Waals surface area contributed by atoms with Crippen molar-refractivity contribution in [3.05, 3.63) is 51.5 Å². The number of amidine groups is 1. The summed E-state index contributed by atoms with van der Waals surface area (Å²) in [5, 5.41) is 15.2. The minimum atomic E-state index is -0.142. The standard InChI is InChI=1S/C13H14N4O2S/c1-8-15-7-11(20-8)13(18)16-6-9-2-4-10(5-3-9)12(14)17-19/h2-5,7,19H,6H2,1H3,(H2,14,17)(H,16,18). The molecule has 20 heavy (non-hydrogen) atoms. The van der Waals surface area contributed by atoms with Crippen molar-refractivity contribution in [1.29, 1.82) is 0 Å². The molecule has 0 aliphatic heterocycles. The molecule has 0 aliphatic rings. The summed E-state index contributed by atoms with van der Waals surface area (Å²) in [7, 11) is 0. The van der Waals surface area contributed by atoms with E-state index in [0.717, 1.165) is 10.6 Å². The number of nitrogens with two attached hydrogens (primary N) is 1. The molecule has 1 aromatic carbocycles. The van der Waals surface area contributed by atoms with E-state index in [0.29, 0.717) is 17.0 Å². The van der Waals surface area contributed by atoms with Crippen LogP contribution in [0.5, 0.6) is 0 Å². The molecule has 6 nitrogen and oxygen atoms in total. The average molecular weight is 290 g/mol. The molecule has 2 aromatic rings. The predicted octanol–water partition coefficient (Wildman–Crippen LogP) is 1.48. The fraction of sp³-hybridized carbons (Fsp3) is 0.154. The van der Waals surface area contributed by atoms with Crippen LogP contribution in [0.15, 0.2) is 35.6 Å². The van der Waals surface area contributed by atoms with Crippen LogP contribution >= 0.6 is 11.3 Å². The fourth-order valence-electron chi connectivity index (χ4n) is 1.59. The van der Waals surface area contributed by atoms with Crippen molar-refractivity contribution in [2.45, 2.75) is 13.5 Å². The van der Waals surface area contributed by atoms with E-state index in [1.54, 1.807) is 18.3 Å². The molecule has 0 spiro atoms. The van der Waals surface area contributed by atoms with Crippen LogP contribution in [-0.4, -0.2) is 21.9 Å². The van der Waals surface area contributed by atoms with Crippen LogP contribution in [0.3, 0.4) is 0 Å². The molecular formula is C13H14N4O2S. The SMILES string of the molecule is Cc1ncc(C(=O)NCc2ccc(/C(N)=N/O)cc2)s1. The largest absolute Gasteiger partial charge is 0.409 e. The lowest BCUT2D eigenvalue weighted by molar-refractivity contribution is 0.0955. The first kappa shape index (κ1) is 14.0. The number of nitrogens with zero attached hydrogens (tertiary/aromatic N) is 2. The Bertz CT molecular complexity index is 634. The summed E-state index contributed by atoms with van der Waals surface area (Å²) in [6.45, 7) is 2.26. The molecule has 0 fully saturated rings. The van der Waals surface area contributed by atoms with Crippen LogP contribution in [0.25, 0.3) is 0 Å².